The highest BCUT2D eigenvalue weighted by molar-refractivity contribution is 5.68. The topological polar surface area (TPSA) is 32.8 Å². The molecule has 1 heterocycles. The summed E-state index contributed by atoms with van der Waals surface area (Å²) in [6.07, 6.45) is 3.24. The van der Waals surface area contributed by atoms with Gasteiger partial charge in [-0.2, -0.15) is 0 Å². The summed E-state index contributed by atoms with van der Waals surface area (Å²) in [5, 5.41) is 0. The summed E-state index contributed by atoms with van der Waals surface area (Å²) in [5.74, 6) is 0. The van der Waals surface area contributed by atoms with Crippen molar-refractivity contribution in [3.05, 3.63) is 35.9 Å². The molecular formula is C20H32N2O2. The van der Waals surface area contributed by atoms with Crippen LogP contribution in [0, 0.1) is 0 Å². The zero-order valence-electron chi connectivity index (χ0n) is 15.8. The fourth-order valence-electron chi connectivity index (χ4n) is 3.28. The van der Waals surface area contributed by atoms with Gasteiger partial charge in [0.15, 0.2) is 0 Å². The monoisotopic (exact) mass is 332 g/mol. The fraction of sp³-hybridized carbons (Fsp3) is 0.650. The van der Waals surface area contributed by atoms with Crippen molar-refractivity contribution in [1.82, 2.24) is 9.80 Å². The number of nitrogens with zero attached hydrogens (tertiary/aromatic N) is 2. The summed E-state index contributed by atoms with van der Waals surface area (Å²) in [5.41, 5.74) is 0.820. The predicted molar refractivity (Wildman–Crippen MR) is 97.7 cm³/mol. The van der Waals surface area contributed by atoms with E-state index in [-0.39, 0.29) is 18.3 Å². The van der Waals surface area contributed by atoms with E-state index in [1.54, 1.807) is 0 Å². The number of hydrogen-bond donors (Lipinski definition) is 0. The zero-order chi connectivity index (χ0) is 17.7. The highest BCUT2D eigenvalue weighted by Gasteiger charge is 2.35. The lowest BCUT2D eigenvalue weighted by atomic mass is 10.0. The molecule has 0 spiro atoms. The van der Waals surface area contributed by atoms with Crippen molar-refractivity contribution in [1.29, 1.82) is 0 Å². The minimum absolute atomic E-state index is 0.105. The van der Waals surface area contributed by atoms with Crippen LogP contribution in [0.4, 0.5) is 4.79 Å². The van der Waals surface area contributed by atoms with Gasteiger partial charge in [0, 0.05) is 19.1 Å². The Labute approximate surface area is 146 Å². The van der Waals surface area contributed by atoms with E-state index in [0.29, 0.717) is 0 Å². The van der Waals surface area contributed by atoms with E-state index in [9.17, 15) is 4.79 Å². The lowest BCUT2D eigenvalue weighted by Gasteiger charge is -2.44. The van der Waals surface area contributed by atoms with Crippen LogP contribution in [0.1, 0.15) is 59.4 Å². The number of carbonyl (C=O) groups excluding carboxylic acids is 1. The molecule has 1 aromatic carbocycles. The van der Waals surface area contributed by atoms with E-state index in [1.807, 2.05) is 31.7 Å². The number of carbonyl (C=O) groups is 1. The number of hydrogen-bond acceptors (Lipinski definition) is 3. The van der Waals surface area contributed by atoms with Crippen molar-refractivity contribution >= 4 is 6.09 Å². The molecule has 134 valence electrons. The average molecular weight is 332 g/mol. The minimum atomic E-state index is -0.469. The van der Waals surface area contributed by atoms with Gasteiger partial charge in [0.2, 0.25) is 0 Å². The molecule has 1 aromatic rings. The van der Waals surface area contributed by atoms with E-state index in [4.69, 9.17) is 4.74 Å². The predicted octanol–water partition coefficient (Wildman–Crippen LogP) is 4.64. The second-order valence-corrected chi connectivity index (χ2v) is 7.91. The number of benzene rings is 1. The Morgan fingerprint density at radius 3 is 2.50 bits per heavy atom. The first-order valence-electron chi connectivity index (χ1n) is 9.07. The van der Waals surface area contributed by atoms with Crippen LogP contribution < -0.4 is 0 Å². The maximum absolute atomic E-state index is 12.8. The van der Waals surface area contributed by atoms with Crippen molar-refractivity contribution in [3.63, 3.8) is 0 Å². The molecule has 1 aliphatic heterocycles. The average Bonchev–Trinajstić information content (AvgIpc) is 2.48. The smallest absolute Gasteiger partial charge is 0.411 e. The van der Waals surface area contributed by atoms with Crippen LogP contribution >= 0.6 is 0 Å². The molecule has 24 heavy (non-hydrogen) atoms. The molecule has 0 radical (unpaired) electrons. The first-order chi connectivity index (χ1) is 11.3. The van der Waals surface area contributed by atoms with Gasteiger partial charge in [-0.15, -0.1) is 0 Å². The molecule has 0 saturated carbocycles. The number of likely N-dealkylation sites (tertiary alicyclic amines) is 1. The third-order valence-electron chi connectivity index (χ3n) is 4.29. The standard InChI is InChI=1S/C20H32N2O2/c1-16(2)22(19(23)24-20(3,4)5)18-13-9-10-14-21(18)15-17-11-7-6-8-12-17/h6-8,11-12,16,18H,9-10,13-15H2,1-5H3. The molecule has 0 N–H and O–H groups in total. The summed E-state index contributed by atoms with van der Waals surface area (Å²) in [7, 11) is 0. The number of ether oxygens (including phenoxy) is 1. The number of piperidine rings is 1. The quantitative estimate of drug-likeness (QED) is 0.805. The van der Waals surface area contributed by atoms with Crippen LogP contribution in [0.25, 0.3) is 0 Å². The van der Waals surface area contributed by atoms with Crippen LogP contribution in [-0.2, 0) is 11.3 Å². The summed E-state index contributed by atoms with van der Waals surface area (Å²) in [6.45, 7) is 11.8. The van der Waals surface area contributed by atoms with Crippen LogP contribution in [0.15, 0.2) is 30.3 Å². The summed E-state index contributed by atoms with van der Waals surface area (Å²) < 4.78 is 5.67. The van der Waals surface area contributed by atoms with E-state index in [2.05, 4.69) is 43.0 Å². The van der Waals surface area contributed by atoms with Crippen molar-refractivity contribution in [2.24, 2.45) is 0 Å². The Morgan fingerprint density at radius 1 is 1.25 bits per heavy atom. The van der Waals surface area contributed by atoms with Crippen molar-refractivity contribution in [3.8, 4) is 0 Å². The van der Waals surface area contributed by atoms with Crippen LogP contribution in [0.2, 0.25) is 0 Å². The highest BCUT2D eigenvalue weighted by Crippen LogP contribution is 2.26. The molecule has 4 nitrogen and oxygen atoms in total. The maximum Gasteiger partial charge on any atom is 0.411 e. The second kappa shape index (κ2) is 8.02. The largest absolute Gasteiger partial charge is 0.444 e. The van der Waals surface area contributed by atoms with Crippen molar-refractivity contribution in [2.75, 3.05) is 6.54 Å². The van der Waals surface area contributed by atoms with Crippen molar-refractivity contribution in [2.45, 2.75) is 78.2 Å². The van der Waals surface area contributed by atoms with Gasteiger partial charge in [-0.25, -0.2) is 4.79 Å². The lowest BCUT2D eigenvalue weighted by Crippen LogP contribution is -2.56. The summed E-state index contributed by atoms with van der Waals surface area (Å²) in [4.78, 5) is 17.1. The van der Waals surface area contributed by atoms with Gasteiger partial charge < -0.3 is 4.74 Å². The minimum Gasteiger partial charge on any atom is -0.444 e. The van der Waals surface area contributed by atoms with Gasteiger partial charge in [0.1, 0.15) is 5.60 Å². The zero-order valence-corrected chi connectivity index (χ0v) is 15.8. The lowest BCUT2D eigenvalue weighted by molar-refractivity contribution is -0.0370. The Balaban J connectivity index is 2.17. The molecule has 0 aliphatic carbocycles. The molecule has 4 heteroatoms. The Morgan fingerprint density at radius 2 is 1.92 bits per heavy atom. The molecule has 1 atom stereocenters. The van der Waals surface area contributed by atoms with Gasteiger partial charge in [0.05, 0.1) is 6.17 Å². The van der Waals surface area contributed by atoms with Gasteiger partial charge in [0.25, 0.3) is 0 Å². The SMILES string of the molecule is CC(C)N(C(=O)OC(C)(C)C)C1CCCCN1Cc1ccccc1. The Hall–Kier alpha value is -1.55. The number of rotatable bonds is 4. The molecule has 1 saturated heterocycles. The van der Waals surface area contributed by atoms with E-state index >= 15 is 0 Å². The van der Waals surface area contributed by atoms with Gasteiger partial charge in [-0.3, -0.25) is 9.80 Å². The van der Waals surface area contributed by atoms with E-state index < -0.39 is 5.60 Å². The van der Waals surface area contributed by atoms with Crippen LogP contribution in [0.5, 0.6) is 0 Å². The highest BCUT2D eigenvalue weighted by atomic mass is 16.6. The first-order valence-corrected chi connectivity index (χ1v) is 9.07. The van der Waals surface area contributed by atoms with Crippen LogP contribution in [0.3, 0.4) is 0 Å². The Kier molecular flexibility index (Phi) is 6.27. The molecule has 1 aliphatic rings. The normalized spacial score (nSPS) is 19.3. The molecule has 2 rings (SSSR count). The second-order valence-electron chi connectivity index (χ2n) is 7.91. The van der Waals surface area contributed by atoms with E-state index in [1.165, 1.54) is 12.0 Å². The van der Waals surface area contributed by atoms with Crippen LogP contribution in [-0.4, -0.2) is 40.2 Å². The number of amides is 1. The van der Waals surface area contributed by atoms with E-state index in [0.717, 1.165) is 25.9 Å². The molecule has 1 amide bonds. The molecule has 0 aromatic heterocycles. The molecule has 1 unspecified atom stereocenters. The Bertz CT molecular complexity index is 522. The van der Waals surface area contributed by atoms with Crippen molar-refractivity contribution < 1.29 is 9.53 Å². The van der Waals surface area contributed by atoms with Gasteiger partial charge in [-0.1, -0.05) is 30.3 Å². The first kappa shape index (κ1) is 18.8. The third-order valence-corrected chi connectivity index (χ3v) is 4.29. The summed E-state index contributed by atoms with van der Waals surface area (Å²) in [6, 6.07) is 10.6. The molecule has 1 fully saturated rings. The van der Waals surface area contributed by atoms with Gasteiger partial charge >= 0.3 is 6.09 Å². The fourth-order valence-corrected chi connectivity index (χ4v) is 3.28. The molecule has 0 bridgehead atoms. The van der Waals surface area contributed by atoms with Gasteiger partial charge in [-0.05, 0) is 59.4 Å². The molecular weight excluding hydrogens is 300 g/mol. The maximum atomic E-state index is 12.8. The third kappa shape index (κ3) is 5.23. The summed E-state index contributed by atoms with van der Waals surface area (Å²) >= 11 is 0.